The van der Waals surface area contributed by atoms with Crippen LogP contribution in [0.5, 0.6) is 0 Å². The van der Waals surface area contributed by atoms with Crippen molar-refractivity contribution in [2.45, 2.75) is 6.92 Å². The van der Waals surface area contributed by atoms with Crippen molar-refractivity contribution in [3.05, 3.63) is 17.5 Å². The molecule has 0 spiro atoms. The van der Waals surface area contributed by atoms with E-state index in [0.29, 0.717) is 5.76 Å². The van der Waals surface area contributed by atoms with E-state index in [1.165, 1.54) is 6.21 Å². The van der Waals surface area contributed by atoms with Gasteiger partial charge in [-0.1, -0.05) is 5.16 Å². The normalized spacial score (nSPS) is 10.4. The molecule has 1 aromatic heterocycles. The molecule has 1 rings (SSSR count). The average molecular weight is 168 g/mol. The minimum Gasteiger partial charge on any atom is -0.355 e. The Kier molecular flexibility index (Phi) is 2.42. The van der Waals surface area contributed by atoms with Crippen LogP contribution in [0.4, 0.5) is 4.79 Å². The Morgan fingerprint density at radius 3 is 3.17 bits per heavy atom. The molecule has 2 amide bonds. The van der Waals surface area contributed by atoms with E-state index in [9.17, 15) is 4.79 Å². The summed E-state index contributed by atoms with van der Waals surface area (Å²) in [5.74, 6) is 0.459. The molecule has 0 unspecified atom stereocenters. The first kappa shape index (κ1) is 8.25. The van der Waals surface area contributed by atoms with Gasteiger partial charge in [0.15, 0.2) is 5.76 Å². The zero-order valence-electron chi connectivity index (χ0n) is 6.44. The number of nitrogens with one attached hydrogen (secondary N) is 1. The van der Waals surface area contributed by atoms with E-state index in [2.05, 4.69) is 10.3 Å². The van der Waals surface area contributed by atoms with E-state index in [1.54, 1.807) is 13.0 Å². The van der Waals surface area contributed by atoms with Gasteiger partial charge >= 0.3 is 6.03 Å². The van der Waals surface area contributed by atoms with Crippen LogP contribution in [-0.2, 0) is 0 Å². The minimum atomic E-state index is -0.720. The van der Waals surface area contributed by atoms with Gasteiger partial charge in [0.2, 0.25) is 0 Å². The van der Waals surface area contributed by atoms with Crippen molar-refractivity contribution in [3.8, 4) is 0 Å². The van der Waals surface area contributed by atoms with E-state index >= 15 is 0 Å². The lowest BCUT2D eigenvalue weighted by Crippen LogP contribution is -2.24. The summed E-state index contributed by atoms with van der Waals surface area (Å²) in [5, 5.41) is 7.08. The highest BCUT2D eigenvalue weighted by Gasteiger charge is 1.95. The van der Waals surface area contributed by atoms with Crippen LogP contribution in [0.1, 0.15) is 11.5 Å². The van der Waals surface area contributed by atoms with E-state index in [1.807, 2.05) is 5.43 Å². The van der Waals surface area contributed by atoms with Gasteiger partial charge in [0.05, 0.1) is 11.9 Å². The number of urea groups is 1. The number of nitrogens with two attached hydrogens (primary N) is 1. The van der Waals surface area contributed by atoms with Crippen LogP contribution < -0.4 is 11.2 Å². The lowest BCUT2D eigenvalue weighted by Gasteiger charge is -1.87. The predicted octanol–water partition coefficient (Wildman–Crippen LogP) is -0.0148. The number of carbonyl (C=O) groups is 1. The maximum atomic E-state index is 10.1. The Bertz CT molecular complexity index is 304. The highest BCUT2D eigenvalue weighted by atomic mass is 16.5. The summed E-state index contributed by atoms with van der Waals surface area (Å²) >= 11 is 0. The number of aryl methyl sites for hydroxylation is 1. The SMILES string of the molecule is Cc1cc(/C=N/NC(N)=O)on1. The molecule has 3 N–H and O–H groups in total. The molecule has 6 nitrogen and oxygen atoms in total. The Morgan fingerprint density at radius 2 is 2.67 bits per heavy atom. The predicted molar refractivity (Wildman–Crippen MR) is 41.6 cm³/mol. The molecule has 0 fully saturated rings. The highest BCUT2D eigenvalue weighted by molar-refractivity contribution is 5.78. The largest absolute Gasteiger partial charge is 0.355 e. The van der Waals surface area contributed by atoms with Gasteiger partial charge in [-0.3, -0.25) is 0 Å². The monoisotopic (exact) mass is 168 g/mol. The molecule has 12 heavy (non-hydrogen) atoms. The lowest BCUT2D eigenvalue weighted by molar-refractivity contribution is 0.249. The molecular formula is C6H8N4O2. The molecule has 0 aliphatic heterocycles. The first-order valence-corrected chi connectivity index (χ1v) is 3.20. The maximum Gasteiger partial charge on any atom is 0.332 e. The summed E-state index contributed by atoms with van der Waals surface area (Å²) < 4.78 is 4.75. The summed E-state index contributed by atoms with van der Waals surface area (Å²) in [6.45, 7) is 1.78. The zero-order valence-corrected chi connectivity index (χ0v) is 6.44. The van der Waals surface area contributed by atoms with Crippen LogP contribution in [0.2, 0.25) is 0 Å². The molecule has 6 heteroatoms. The lowest BCUT2D eigenvalue weighted by atomic mass is 10.4. The van der Waals surface area contributed by atoms with Gasteiger partial charge < -0.3 is 10.3 Å². The van der Waals surface area contributed by atoms with Crippen molar-refractivity contribution in [1.29, 1.82) is 0 Å². The fourth-order valence-electron chi connectivity index (χ4n) is 0.604. The van der Waals surface area contributed by atoms with E-state index in [-0.39, 0.29) is 0 Å². The first-order valence-electron chi connectivity index (χ1n) is 3.20. The van der Waals surface area contributed by atoms with Crippen LogP contribution in [0.3, 0.4) is 0 Å². The second kappa shape index (κ2) is 3.51. The zero-order chi connectivity index (χ0) is 8.97. The number of hydrazone groups is 1. The van der Waals surface area contributed by atoms with Crippen molar-refractivity contribution in [3.63, 3.8) is 0 Å². The third kappa shape index (κ3) is 2.41. The smallest absolute Gasteiger partial charge is 0.332 e. The summed E-state index contributed by atoms with van der Waals surface area (Å²) in [6, 6.07) is 0.953. The molecular weight excluding hydrogens is 160 g/mol. The molecule has 0 saturated heterocycles. The molecule has 64 valence electrons. The first-order chi connectivity index (χ1) is 5.68. The molecule has 0 atom stereocenters. The van der Waals surface area contributed by atoms with E-state index < -0.39 is 6.03 Å². The van der Waals surface area contributed by atoms with Crippen molar-refractivity contribution in [2.24, 2.45) is 10.8 Å². The van der Waals surface area contributed by atoms with Crippen molar-refractivity contribution < 1.29 is 9.32 Å². The third-order valence-corrected chi connectivity index (χ3v) is 1.01. The topological polar surface area (TPSA) is 93.5 Å². The number of rotatable bonds is 2. The summed E-state index contributed by atoms with van der Waals surface area (Å²) in [6.07, 6.45) is 1.31. The van der Waals surface area contributed by atoms with Gasteiger partial charge in [-0.25, -0.2) is 10.2 Å². The standard InChI is InChI=1S/C6H8N4O2/c1-4-2-5(12-10-4)3-8-9-6(7)11/h2-3H,1H3,(H3,7,9,11)/b8-3+. The Balaban J connectivity index is 2.52. The molecule has 0 aliphatic rings. The third-order valence-electron chi connectivity index (χ3n) is 1.01. The average Bonchev–Trinajstić information content (AvgIpc) is 2.35. The van der Waals surface area contributed by atoms with Crippen molar-refractivity contribution >= 4 is 12.2 Å². The Hall–Kier alpha value is -1.85. The van der Waals surface area contributed by atoms with Gasteiger partial charge in [-0.15, -0.1) is 0 Å². The number of hydrogen-bond donors (Lipinski definition) is 2. The number of primary amides is 1. The summed E-state index contributed by atoms with van der Waals surface area (Å²) in [5.41, 5.74) is 7.52. The van der Waals surface area contributed by atoms with Gasteiger partial charge in [-0.2, -0.15) is 5.10 Å². The number of nitrogens with zero attached hydrogens (tertiary/aromatic N) is 2. The Morgan fingerprint density at radius 1 is 1.92 bits per heavy atom. The number of amides is 2. The molecule has 0 bridgehead atoms. The maximum absolute atomic E-state index is 10.1. The molecule has 1 heterocycles. The summed E-state index contributed by atoms with van der Waals surface area (Å²) in [4.78, 5) is 10.1. The molecule has 0 radical (unpaired) electrons. The van der Waals surface area contributed by atoms with Gasteiger partial charge in [0.1, 0.15) is 0 Å². The van der Waals surface area contributed by atoms with Gasteiger partial charge in [0.25, 0.3) is 0 Å². The second-order valence-corrected chi connectivity index (χ2v) is 2.10. The fourth-order valence-corrected chi connectivity index (χ4v) is 0.604. The van der Waals surface area contributed by atoms with Crippen LogP contribution in [0.25, 0.3) is 0 Å². The van der Waals surface area contributed by atoms with Crippen LogP contribution in [-0.4, -0.2) is 17.4 Å². The van der Waals surface area contributed by atoms with Gasteiger partial charge in [-0.05, 0) is 6.92 Å². The molecule has 0 aliphatic carbocycles. The van der Waals surface area contributed by atoms with Crippen LogP contribution >= 0.6 is 0 Å². The van der Waals surface area contributed by atoms with Crippen molar-refractivity contribution in [2.75, 3.05) is 0 Å². The Labute approximate surface area is 68.4 Å². The highest BCUT2D eigenvalue weighted by Crippen LogP contribution is 1.97. The molecule has 1 aromatic rings. The number of hydrogen-bond acceptors (Lipinski definition) is 4. The van der Waals surface area contributed by atoms with Crippen LogP contribution in [0.15, 0.2) is 15.7 Å². The molecule has 0 saturated carbocycles. The van der Waals surface area contributed by atoms with Crippen LogP contribution in [0, 0.1) is 6.92 Å². The quantitative estimate of drug-likeness (QED) is 0.480. The second-order valence-electron chi connectivity index (χ2n) is 2.10. The number of carbonyl (C=O) groups excluding carboxylic acids is 1. The van der Waals surface area contributed by atoms with Gasteiger partial charge in [0, 0.05) is 6.07 Å². The summed E-state index contributed by atoms with van der Waals surface area (Å²) in [7, 11) is 0. The fraction of sp³-hybridized carbons (Fsp3) is 0.167. The van der Waals surface area contributed by atoms with E-state index in [0.717, 1.165) is 5.69 Å². The van der Waals surface area contributed by atoms with Crippen molar-refractivity contribution in [1.82, 2.24) is 10.6 Å². The molecule has 0 aromatic carbocycles. The van der Waals surface area contributed by atoms with E-state index in [4.69, 9.17) is 10.3 Å². The minimum absolute atomic E-state index is 0.459. The number of aromatic nitrogens is 1.